The fraction of sp³-hybridized carbons (Fsp3) is 0.300. The Bertz CT molecular complexity index is 874. The minimum absolute atomic E-state index is 0.0148. The molecule has 136 valence electrons. The molecular formula is C20H22FN3O2. The first-order valence-electron chi connectivity index (χ1n) is 8.73. The van der Waals surface area contributed by atoms with Crippen LogP contribution in [0.4, 0.5) is 4.39 Å². The Morgan fingerprint density at radius 1 is 1.15 bits per heavy atom. The van der Waals surface area contributed by atoms with Gasteiger partial charge in [-0.3, -0.25) is 4.79 Å². The Morgan fingerprint density at radius 2 is 1.92 bits per heavy atom. The Balaban J connectivity index is 1.76. The second-order valence-electron chi connectivity index (χ2n) is 6.16. The number of nitrogens with zero attached hydrogens (tertiary/aromatic N) is 2. The number of fused-ring (bicyclic) bond motifs is 1. The maximum atomic E-state index is 13.2. The predicted octanol–water partition coefficient (Wildman–Crippen LogP) is 2.65. The number of amides is 1. The Labute approximate surface area is 151 Å². The van der Waals surface area contributed by atoms with E-state index in [0.717, 1.165) is 22.4 Å². The Kier molecular flexibility index (Phi) is 5.96. The van der Waals surface area contributed by atoms with Gasteiger partial charge in [0, 0.05) is 32.5 Å². The molecule has 0 atom stereocenters. The van der Waals surface area contributed by atoms with Crippen LogP contribution in [0.15, 0.2) is 48.5 Å². The highest BCUT2D eigenvalue weighted by Crippen LogP contribution is 2.18. The molecule has 0 radical (unpaired) electrons. The molecule has 0 spiro atoms. The lowest BCUT2D eigenvalue weighted by molar-refractivity contribution is -0.121. The summed E-state index contributed by atoms with van der Waals surface area (Å²) in [5.41, 5.74) is 2.90. The van der Waals surface area contributed by atoms with Crippen molar-refractivity contribution in [3.8, 4) is 0 Å². The van der Waals surface area contributed by atoms with Crippen molar-refractivity contribution < 1.29 is 14.3 Å². The fourth-order valence-electron chi connectivity index (χ4n) is 2.91. The lowest BCUT2D eigenvalue weighted by atomic mass is 10.2. The fourth-order valence-corrected chi connectivity index (χ4v) is 2.91. The van der Waals surface area contributed by atoms with Crippen LogP contribution in [-0.2, 0) is 17.8 Å². The summed E-state index contributed by atoms with van der Waals surface area (Å²) in [6.07, 6.45) is 1.39. The summed E-state index contributed by atoms with van der Waals surface area (Å²) in [5.74, 6) is 0.549. The van der Waals surface area contributed by atoms with Crippen molar-refractivity contribution in [2.75, 3.05) is 13.2 Å². The molecule has 0 aliphatic heterocycles. The number of rotatable bonds is 8. The molecule has 0 unspecified atom stereocenters. The van der Waals surface area contributed by atoms with Gasteiger partial charge in [0.1, 0.15) is 11.6 Å². The van der Waals surface area contributed by atoms with Gasteiger partial charge < -0.3 is 15.0 Å². The zero-order chi connectivity index (χ0) is 18.4. The van der Waals surface area contributed by atoms with E-state index in [1.807, 2.05) is 24.3 Å². The number of carbonyl (C=O) groups excluding carboxylic acids is 1. The molecule has 26 heavy (non-hydrogen) atoms. The van der Waals surface area contributed by atoms with E-state index >= 15 is 0 Å². The lowest BCUT2D eigenvalue weighted by Crippen LogP contribution is -2.26. The lowest BCUT2D eigenvalue weighted by Gasteiger charge is -2.10. The first-order valence-corrected chi connectivity index (χ1v) is 8.73. The van der Waals surface area contributed by atoms with Gasteiger partial charge in [-0.15, -0.1) is 0 Å². The van der Waals surface area contributed by atoms with Crippen LogP contribution in [0.5, 0.6) is 0 Å². The number of halogens is 1. The van der Waals surface area contributed by atoms with Crippen molar-refractivity contribution in [2.24, 2.45) is 0 Å². The molecule has 3 aromatic rings. The summed E-state index contributed by atoms with van der Waals surface area (Å²) in [6, 6.07) is 14.3. The molecule has 0 bridgehead atoms. The van der Waals surface area contributed by atoms with E-state index in [1.165, 1.54) is 12.1 Å². The van der Waals surface area contributed by atoms with Crippen LogP contribution in [0, 0.1) is 5.82 Å². The van der Waals surface area contributed by atoms with Gasteiger partial charge in [0.2, 0.25) is 5.91 Å². The number of benzene rings is 2. The van der Waals surface area contributed by atoms with Crippen molar-refractivity contribution in [3.05, 3.63) is 65.7 Å². The molecule has 1 amide bonds. The summed E-state index contributed by atoms with van der Waals surface area (Å²) in [7, 11) is 0. The number of nitrogens with one attached hydrogen (secondary N) is 1. The van der Waals surface area contributed by atoms with Crippen LogP contribution in [-0.4, -0.2) is 33.7 Å². The molecule has 0 aliphatic carbocycles. The van der Waals surface area contributed by atoms with Crippen LogP contribution in [0.25, 0.3) is 11.0 Å². The average Bonchev–Trinajstić information content (AvgIpc) is 2.99. The number of hydrogen-bond acceptors (Lipinski definition) is 3. The highest BCUT2D eigenvalue weighted by Gasteiger charge is 2.11. The first kappa shape index (κ1) is 18.1. The smallest absolute Gasteiger partial charge is 0.220 e. The summed E-state index contributed by atoms with van der Waals surface area (Å²) in [4.78, 5) is 16.4. The van der Waals surface area contributed by atoms with E-state index in [-0.39, 0.29) is 18.3 Å². The van der Waals surface area contributed by atoms with Gasteiger partial charge in [-0.1, -0.05) is 24.3 Å². The van der Waals surface area contributed by atoms with Crippen LogP contribution >= 0.6 is 0 Å². The highest BCUT2D eigenvalue weighted by molar-refractivity contribution is 5.76. The largest absolute Gasteiger partial charge is 0.396 e. The minimum atomic E-state index is -0.255. The Morgan fingerprint density at radius 3 is 2.69 bits per heavy atom. The Hall–Kier alpha value is -2.73. The SMILES string of the molecule is O=C(CCCO)NCCc1nc2ccccc2n1Cc1ccc(F)cc1. The van der Waals surface area contributed by atoms with Crippen LogP contribution in [0.3, 0.4) is 0 Å². The topological polar surface area (TPSA) is 67.2 Å². The van der Waals surface area contributed by atoms with Crippen molar-refractivity contribution in [1.82, 2.24) is 14.9 Å². The van der Waals surface area contributed by atoms with Gasteiger partial charge in [-0.25, -0.2) is 9.37 Å². The second-order valence-corrected chi connectivity index (χ2v) is 6.16. The molecular weight excluding hydrogens is 333 g/mol. The summed E-state index contributed by atoms with van der Waals surface area (Å²) >= 11 is 0. The van der Waals surface area contributed by atoms with Gasteiger partial charge in [0.05, 0.1) is 11.0 Å². The second kappa shape index (κ2) is 8.58. The maximum absolute atomic E-state index is 13.2. The molecule has 5 nitrogen and oxygen atoms in total. The van der Waals surface area contributed by atoms with Crippen LogP contribution in [0.1, 0.15) is 24.2 Å². The van der Waals surface area contributed by atoms with E-state index in [1.54, 1.807) is 12.1 Å². The number of para-hydroxylation sites is 2. The molecule has 0 saturated carbocycles. The van der Waals surface area contributed by atoms with Crippen LogP contribution < -0.4 is 5.32 Å². The molecule has 1 aromatic heterocycles. The maximum Gasteiger partial charge on any atom is 0.220 e. The normalized spacial score (nSPS) is 11.0. The van der Waals surface area contributed by atoms with Gasteiger partial charge in [0.15, 0.2) is 0 Å². The van der Waals surface area contributed by atoms with Crippen molar-refractivity contribution in [3.63, 3.8) is 0 Å². The van der Waals surface area contributed by atoms with Gasteiger partial charge >= 0.3 is 0 Å². The molecule has 2 N–H and O–H groups in total. The molecule has 0 fully saturated rings. The summed E-state index contributed by atoms with van der Waals surface area (Å²) < 4.78 is 15.3. The van der Waals surface area contributed by atoms with Crippen molar-refractivity contribution in [2.45, 2.75) is 25.8 Å². The zero-order valence-corrected chi connectivity index (χ0v) is 14.5. The quantitative estimate of drug-likeness (QED) is 0.653. The molecule has 6 heteroatoms. The van der Waals surface area contributed by atoms with E-state index in [2.05, 4.69) is 14.9 Å². The van der Waals surface area contributed by atoms with Crippen LogP contribution in [0.2, 0.25) is 0 Å². The predicted molar refractivity (Wildman–Crippen MR) is 98.3 cm³/mol. The number of carbonyl (C=O) groups is 1. The van der Waals surface area contributed by atoms with E-state index in [4.69, 9.17) is 5.11 Å². The number of imidazole rings is 1. The third kappa shape index (κ3) is 4.46. The monoisotopic (exact) mass is 355 g/mol. The van der Waals surface area contributed by atoms with Crippen molar-refractivity contribution >= 4 is 16.9 Å². The van der Waals surface area contributed by atoms with Gasteiger partial charge in [-0.2, -0.15) is 0 Å². The summed E-state index contributed by atoms with van der Waals surface area (Å²) in [5, 5.41) is 11.6. The standard InChI is InChI=1S/C20H22FN3O2/c21-16-9-7-15(8-10-16)14-24-18-5-2-1-4-17(18)23-19(24)11-12-22-20(26)6-3-13-25/h1-2,4-5,7-10,25H,3,6,11-14H2,(H,22,26). The molecule has 0 aliphatic rings. The van der Waals surface area contributed by atoms with E-state index in [9.17, 15) is 9.18 Å². The van der Waals surface area contributed by atoms with Gasteiger partial charge in [-0.05, 0) is 36.2 Å². The van der Waals surface area contributed by atoms with E-state index < -0.39 is 0 Å². The molecule has 1 heterocycles. The highest BCUT2D eigenvalue weighted by atomic mass is 19.1. The van der Waals surface area contributed by atoms with E-state index in [0.29, 0.717) is 32.4 Å². The molecule has 2 aromatic carbocycles. The third-order valence-corrected chi connectivity index (χ3v) is 4.22. The van der Waals surface area contributed by atoms with Crippen molar-refractivity contribution in [1.29, 1.82) is 0 Å². The molecule has 0 saturated heterocycles. The third-order valence-electron chi connectivity index (χ3n) is 4.22. The van der Waals surface area contributed by atoms with Gasteiger partial charge in [0.25, 0.3) is 0 Å². The number of aromatic nitrogens is 2. The first-order chi connectivity index (χ1) is 12.7. The number of hydrogen-bond donors (Lipinski definition) is 2. The molecule has 3 rings (SSSR count). The summed E-state index contributed by atoms with van der Waals surface area (Å²) in [6.45, 7) is 1.09. The number of aliphatic hydroxyl groups is 1. The zero-order valence-electron chi connectivity index (χ0n) is 14.5. The minimum Gasteiger partial charge on any atom is -0.396 e. The average molecular weight is 355 g/mol. The number of aliphatic hydroxyl groups excluding tert-OH is 1.